The second kappa shape index (κ2) is 9.20. The van der Waals surface area contributed by atoms with Crippen LogP contribution in [0.5, 0.6) is 11.6 Å². The van der Waals surface area contributed by atoms with Crippen LogP contribution in [-0.4, -0.2) is 22.5 Å². The van der Waals surface area contributed by atoms with Gasteiger partial charge in [-0.2, -0.15) is 0 Å². The number of hydrogen-bond donors (Lipinski definition) is 2. The first-order valence-corrected chi connectivity index (χ1v) is 8.39. The van der Waals surface area contributed by atoms with Crippen LogP contribution in [0.1, 0.15) is 37.5 Å². The Kier molecular flexibility index (Phi) is 6.98. The Hall–Kier alpha value is -2.37. The van der Waals surface area contributed by atoms with Crippen molar-refractivity contribution in [1.82, 2.24) is 10.3 Å². The van der Waals surface area contributed by atoms with Gasteiger partial charge in [-0.1, -0.05) is 36.7 Å². The highest BCUT2D eigenvalue weighted by atomic mass is 35.5. The molecule has 1 aromatic heterocycles. The Morgan fingerprint density at radius 1 is 1.40 bits per heavy atom. The van der Waals surface area contributed by atoms with E-state index in [-0.39, 0.29) is 5.91 Å². The highest BCUT2D eigenvalue weighted by Gasteiger charge is 2.10. The summed E-state index contributed by atoms with van der Waals surface area (Å²) in [7, 11) is 0. The zero-order chi connectivity index (χ0) is 18.2. The normalized spacial score (nSPS) is 12.2. The lowest BCUT2D eigenvalue weighted by atomic mass is 10.1. The number of nitrogens with one attached hydrogen (secondary N) is 1. The monoisotopic (exact) mass is 360 g/mol. The maximum Gasteiger partial charge on any atom is 0.219 e. The van der Waals surface area contributed by atoms with Crippen molar-refractivity contribution in [2.45, 2.75) is 26.4 Å². The number of aliphatic hydroxyl groups is 1. The van der Waals surface area contributed by atoms with Crippen LogP contribution >= 0.6 is 11.6 Å². The Balaban J connectivity index is 2.00. The van der Waals surface area contributed by atoms with E-state index in [2.05, 4.69) is 10.3 Å². The van der Waals surface area contributed by atoms with E-state index in [4.69, 9.17) is 16.3 Å². The molecule has 0 spiro atoms. The first kappa shape index (κ1) is 19.0. The number of rotatable bonds is 7. The van der Waals surface area contributed by atoms with E-state index in [0.717, 1.165) is 11.1 Å². The molecule has 0 bridgehead atoms. The van der Waals surface area contributed by atoms with E-state index in [1.807, 2.05) is 25.1 Å². The van der Waals surface area contributed by atoms with E-state index >= 15 is 0 Å². The summed E-state index contributed by atoms with van der Waals surface area (Å²) in [6.45, 7) is 3.85. The molecule has 0 fully saturated rings. The predicted molar refractivity (Wildman–Crippen MR) is 98.7 cm³/mol. The van der Waals surface area contributed by atoms with E-state index in [9.17, 15) is 9.90 Å². The van der Waals surface area contributed by atoms with Crippen molar-refractivity contribution in [2.75, 3.05) is 6.54 Å². The maximum atomic E-state index is 10.8. The Morgan fingerprint density at radius 2 is 2.20 bits per heavy atom. The molecule has 0 aliphatic carbocycles. The first-order chi connectivity index (χ1) is 12.0. The third-order valence-electron chi connectivity index (χ3n) is 3.48. The number of ether oxygens (including phenoxy) is 1. The van der Waals surface area contributed by atoms with Crippen LogP contribution in [0.3, 0.4) is 0 Å². The molecule has 0 saturated carbocycles. The van der Waals surface area contributed by atoms with Gasteiger partial charge in [0.25, 0.3) is 0 Å². The molecule has 2 aromatic rings. The van der Waals surface area contributed by atoms with Crippen molar-refractivity contribution in [3.63, 3.8) is 0 Å². The van der Waals surface area contributed by atoms with Crippen molar-refractivity contribution < 1.29 is 14.6 Å². The summed E-state index contributed by atoms with van der Waals surface area (Å²) in [5, 5.41) is 12.9. The van der Waals surface area contributed by atoms with Crippen molar-refractivity contribution in [2.24, 2.45) is 0 Å². The number of hydrogen-bond acceptors (Lipinski definition) is 4. The van der Waals surface area contributed by atoms with E-state index in [1.165, 1.54) is 6.92 Å². The Bertz CT molecular complexity index is 745. The van der Waals surface area contributed by atoms with Crippen LogP contribution < -0.4 is 10.1 Å². The minimum absolute atomic E-state index is 0.0686. The lowest BCUT2D eigenvalue weighted by Crippen LogP contribution is -2.19. The van der Waals surface area contributed by atoms with Crippen LogP contribution in [0.25, 0.3) is 6.08 Å². The maximum absolute atomic E-state index is 10.8. The largest absolute Gasteiger partial charge is 0.437 e. The summed E-state index contributed by atoms with van der Waals surface area (Å²) in [5.74, 6) is 0.834. The topological polar surface area (TPSA) is 71.5 Å². The second-order valence-electron chi connectivity index (χ2n) is 5.49. The van der Waals surface area contributed by atoms with Crippen molar-refractivity contribution in [1.29, 1.82) is 0 Å². The molecule has 1 heterocycles. The van der Waals surface area contributed by atoms with Gasteiger partial charge in [-0.25, -0.2) is 4.98 Å². The van der Waals surface area contributed by atoms with Gasteiger partial charge in [0, 0.05) is 25.7 Å². The molecular formula is C19H21ClN2O3. The third-order valence-corrected chi connectivity index (χ3v) is 3.78. The molecule has 0 radical (unpaired) electrons. The lowest BCUT2D eigenvalue weighted by Gasteiger charge is -2.11. The Morgan fingerprint density at radius 3 is 2.80 bits per heavy atom. The van der Waals surface area contributed by atoms with Gasteiger partial charge in [-0.05, 0) is 35.7 Å². The van der Waals surface area contributed by atoms with Gasteiger partial charge in [0.1, 0.15) is 5.75 Å². The van der Waals surface area contributed by atoms with Gasteiger partial charge in [-0.3, -0.25) is 4.79 Å². The van der Waals surface area contributed by atoms with Crippen LogP contribution in [0.15, 0.2) is 42.6 Å². The quantitative estimate of drug-likeness (QED) is 0.779. The van der Waals surface area contributed by atoms with E-state index in [0.29, 0.717) is 29.6 Å². The van der Waals surface area contributed by atoms with Gasteiger partial charge >= 0.3 is 0 Å². The van der Waals surface area contributed by atoms with E-state index < -0.39 is 6.10 Å². The predicted octanol–water partition coefficient (Wildman–Crippen LogP) is 4.12. The number of pyridine rings is 1. The van der Waals surface area contributed by atoms with Crippen molar-refractivity contribution >= 4 is 23.6 Å². The summed E-state index contributed by atoms with van der Waals surface area (Å²) in [6, 6.07) is 8.80. The average Bonchev–Trinajstić information content (AvgIpc) is 2.61. The summed E-state index contributed by atoms with van der Waals surface area (Å²) >= 11 is 6.21. The molecule has 0 aliphatic heterocycles. The molecule has 25 heavy (non-hydrogen) atoms. The van der Waals surface area contributed by atoms with Gasteiger partial charge in [-0.15, -0.1) is 0 Å². The molecule has 6 heteroatoms. The molecule has 132 valence electrons. The van der Waals surface area contributed by atoms with Gasteiger partial charge < -0.3 is 15.2 Å². The highest BCUT2D eigenvalue weighted by Crippen LogP contribution is 2.31. The SMILES string of the molecule is CCC(O)c1ccc(Oc2ccc(/C=C/CNC(C)=O)cn2)c(Cl)c1. The smallest absolute Gasteiger partial charge is 0.219 e. The zero-order valence-electron chi connectivity index (χ0n) is 14.2. The number of aromatic nitrogens is 1. The van der Waals surface area contributed by atoms with Crippen LogP contribution in [0.4, 0.5) is 0 Å². The minimum atomic E-state index is -0.534. The molecule has 1 aromatic carbocycles. The molecule has 1 unspecified atom stereocenters. The number of aliphatic hydroxyl groups excluding tert-OH is 1. The van der Waals surface area contributed by atoms with Crippen LogP contribution in [0, 0.1) is 0 Å². The molecular weight excluding hydrogens is 340 g/mol. The van der Waals surface area contributed by atoms with Gasteiger partial charge in [0.15, 0.2) is 0 Å². The minimum Gasteiger partial charge on any atom is -0.437 e. The number of carbonyl (C=O) groups excluding carboxylic acids is 1. The first-order valence-electron chi connectivity index (χ1n) is 8.02. The van der Waals surface area contributed by atoms with E-state index in [1.54, 1.807) is 30.5 Å². The third kappa shape index (κ3) is 5.89. The molecule has 2 N–H and O–H groups in total. The molecule has 2 rings (SSSR count). The fourth-order valence-electron chi connectivity index (χ4n) is 2.10. The number of amides is 1. The van der Waals surface area contributed by atoms with Crippen LogP contribution in [-0.2, 0) is 4.79 Å². The number of halogens is 1. The summed E-state index contributed by atoms with van der Waals surface area (Å²) in [4.78, 5) is 15.0. The van der Waals surface area contributed by atoms with Crippen molar-refractivity contribution in [3.05, 3.63) is 58.8 Å². The summed E-state index contributed by atoms with van der Waals surface area (Å²) in [6.07, 6.45) is 5.46. The zero-order valence-corrected chi connectivity index (χ0v) is 15.0. The van der Waals surface area contributed by atoms with Gasteiger partial charge in [0.2, 0.25) is 11.8 Å². The molecule has 1 amide bonds. The number of nitrogens with zero attached hydrogens (tertiary/aromatic N) is 1. The fourth-order valence-corrected chi connectivity index (χ4v) is 2.33. The molecule has 0 aliphatic rings. The lowest BCUT2D eigenvalue weighted by molar-refractivity contribution is -0.118. The Labute approximate surface area is 152 Å². The summed E-state index contributed by atoms with van der Waals surface area (Å²) < 4.78 is 5.68. The number of carbonyl (C=O) groups is 1. The number of benzene rings is 1. The molecule has 1 atom stereocenters. The van der Waals surface area contributed by atoms with Crippen molar-refractivity contribution in [3.8, 4) is 11.6 Å². The van der Waals surface area contributed by atoms with Gasteiger partial charge in [0.05, 0.1) is 11.1 Å². The second-order valence-corrected chi connectivity index (χ2v) is 5.89. The average molecular weight is 361 g/mol. The standard InChI is InChI=1S/C19H21ClN2O3/c1-3-17(24)15-7-8-18(16(20)11-15)25-19-9-6-14(12-22-19)5-4-10-21-13(2)23/h4-9,11-12,17,24H,3,10H2,1-2H3,(H,21,23)/b5-4+. The fraction of sp³-hybridized carbons (Fsp3) is 0.263. The molecule has 0 saturated heterocycles. The van der Waals surface area contributed by atoms with Crippen LogP contribution in [0.2, 0.25) is 5.02 Å². The highest BCUT2D eigenvalue weighted by molar-refractivity contribution is 6.32. The summed E-state index contributed by atoms with van der Waals surface area (Å²) in [5.41, 5.74) is 1.65. The molecule has 5 nitrogen and oxygen atoms in total.